The van der Waals surface area contributed by atoms with Crippen LogP contribution in [0.3, 0.4) is 0 Å². The number of hydrogen-bond donors (Lipinski definition) is 0. The van der Waals surface area contributed by atoms with Crippen LogP contribution in [0.25, 0.3) is 0 Å². The van der Waals surface area contributed by atoms with Gasteiger partial charge >= 0.3 is 0 Å². The summed E-state index contributed by atoms with van der Waals surface area (Å²) in [5.74, 6) is 0.538. The van der Waals surface area contributed by atoms with Gasteiger partial charge in [-0.2, -0.15) is 5.10 Å². The third-order valence-electron chi connectivity index (χ3n) is 5.48. The summed E-state index contributed by atoms with van der Waals surface area (Å²) in [6.45, 7) is 0.658. The number of ether oxygens (including phenoxy) is 1. The number of fused-ring (bicyclic) bond motifs is 3. The molecular formula is C22H24FN3O2. The van der Waals surface area contributed by atoms with Gasteiger partial charge in [-0.3, -0.25) is 4.79 Å². The average Bonchev–Trinajstić information content (AvgIpc) is 3.22. The number of benzene rings is 2. The fourth-order valence-electron chi connectivity index (χ4n) is 4.05. The predicted octanol–water partition coefficient (Wildman–Crippen LogP) is 3.25. The van der Waals surface area contributed by atoms with Gasteiger partial charge in [0.15, 0.2) is 0 Å². The first-order valence-corrected chi connectivity index (χ1v) is 9.46. The van der Waals surface area contributed by atoms with Crippen LogP contribution >= 0.6 is 0 Å². The summed E-state index contributed by atoms with van der Waals surface area (Å²) in [7, 11) is 5.53. The standard InChI is InChI=1S/C22H24FN3O2/c1-25(2)11-10-20(27)26-22(14-4-7-16(23)8-5-14)19-12-15-6-9-17(28-3)13-18(15)21(19)24-26/h4-9,13,19,22H,10-12H2,1-3H3/t19-,22+/m1/s1. The third-order valence-corrected chi connectivity index (χ3v) is 5.48. The Bertz CT molecular complexity index is 924. The summed E-state index contributed by atoms with van der Waals surface area (Å²) in [5.41, 5.74) is 4.07. The molecule has 0 aromatic heterocycles. The molecule has 0 N–H and O–H groups in total. The molecule has 4 rings (SSSR count). The van der Waals surface area contributed by atoms with Crippen molar-refractivity contribution in [2.75, 3.05) is 27.7 Å². The van der Waals surface area contributed by atoms with Crippen molar-refractivity contribution in [2.24, 2.45) is 11.0 Å². The minimum atomic E-state index is -0.284. The van der Waals surface area contributed by atoms with Crippen LogP contribution in [0.4, 0.5) is 4.39 Å². The molecule has 6 heteroatoms. The van der Waals surface area contributed by atoms with Crippen LogP contribution in [0, 0.1) is 11.7 Å². The number of carbonyl (C=O) groups excluding carboxylic acids is 1. The molecule has 0 saturated carbocycles. The summed E-state index contributed by atoms with van der Waals surface area (Å²) in [6, 6.07) is 12.2. The lowest BCUT2D eigenvalue weighted by Gasteiger charge is -2.26. The maximum atomic E-state index is 13.5. The zero-order valence-electron chi connectivity index (χ0n) is 16.4. The normalized spacial score (nSPS) is 20.2. The molecule has 28 heavy (non-hydrogen) atoms. The van der Waals surface area contributed by atoms with Crippen molar-refractivity contribution in [1.82, 2.24) is 9.91 Å². The highest BCUT2D eigenvalue weighted by Crippen LogP contribution is 2.45. The van der Waals surface area contributed by atoms with E-state index >= 15 is 0 Å². The van der Waals surface area contributed by atoms with E-state index in [2.05, 4.69) is 6.07 Å². The van der Waals surface area contributed by atoms with E-state index in [1.807, 2.05) is 31.1 Å². The Morgan fingerprint density at radius 1 is 1.25 bits per heavy atom. The molecule has 2 aromatic carbocycles. The van der Waals surface area contributed by atoms with Gasteiger partial charge in [-0.05, 0) is 55.9 Å². The minimum Gasteiger partial charge on any atom is -0.497 e. The summed E-state index contributed by atoms with van der Waals surface area (Å²) < 4.78 is 18.8. The molecule has 0 radical (unpaired) electrons. The fourth-order valence-corrected chi connectivity index (χ4v) is 4.05. The number of carbonyl (C=O) groups is 1. The SMILES string of the molecule is COc1ccc2c(c1)C1=NN(C(=O)CCN(C)C)[C@@H](c3ccc(F)cc3)[C@@H]1C2. The molecule has 2 atom stereocenters. The lowest BCUT2D eigenvalue weighted by atomic mass is 9.90. The van der Waals surface area contributed by atoms with Gasteiger partial charge in [-0.1, -0.05) is 18.2 Å². The van der Waals surface area contributed by atoms with E-state index in [-0.39, 0.29) is 23.7 Å². The van der Waals surface area contributed by atoms with Crippen LogP contribution in [-0.4, -0.2) is 49.3 Å². The first-order valence-electron chi connectivity index (χ1n) is 9.46. The quantitative estimate of drug-likeness (QED) is 0.799. The molecule has 146 valence electrons. The zero-order chi connectivity index (χ0) is 19.8. The summed E-state index contributed by atoms with van der Waals surface area (Å²) in [6.07, 6.45) is 1.19. The number of hydrazone groups is 1. The molecule has 0 saturated heterocycles. The lowest BCUT2D eigenvalue weighted by molar-refractivity contribution is -0.133. The van der Waals surface area contributed by atoms with E-state index in [9.17, 15) is 9.18 Å². The lowest BCUT2D eigenvalue weighted by Crippen LogP contribution is -2.32. The highest BCUT2D eigenvalue weighted by Gasteiger charge is 2.45. The van der Waals surface area contributed by atoms with E-state index in [1.165, 1.54) is 17.7 Å². The highest BCUT2D eigenvalue weighted by molar-refractivity contribution is 6.08. The van der Waals surface area contributed by atoms with Crippen LogP contribution < -0.4 is 4.74 Å². The summed E-state index contributed by atoms with van der Waals surface area (Å²) in [4.78, 5) is 14.9. The molecular weight excluding hydrogens is 357 g/mol. The van der Waals surface area contributed by atoms with Gasteiger partial charge in [-0.15, -0.1) is 0 Å². The number of amides is 1. The summed E-state index contributed by atoms with van der Waals surface area (Å²) in [5, 5.41) is 6.37. The second-order valence-corrected chi connectivity index (χ2v) is 7.61. The van der Waals surface area contributed by atoms with Gasteiger partial charge in [0.2, 0.25) is 5.91 Å². The fraction of sp³-hybridized carbons (Fsp3) is 0.364. The number of hydrogen-bond acceptors (Lipinski definition) is 4. The first kappa shape index (κ1) is 18.6. The van der Waals surface area contributed by atoms with Crippen molar-refractivity contribution in [2.45, 2.75) is 18.9 Å². The van der Waals surface area contributed by atoms with E-state index in [1.54, 1.807) is 24.3 Å². The van der Waals surface area contributed by atoms with E-state index in [0.717, 1.165) is 29.0 Å². The van der Waals surface area contributed by atoms with Crippen LogP contribution in [0.5, 0.6) is 5.75 Å². The van der Waals surface area contributed by atoms with Crippen LogP contribution in [0.2, 0.25) is 0 Å². The molecule has 1 heterocycles. The van der Waals surface area contributed by atoms with Crippen LogP contribution in [-0.2, 0) is 11.2 Å². The number of halogens is 1. The van der Waals surface area contributed by atoms with Crippen molar-refractivity contribution in [3.8, 4) is 5.75 Å². The molecule has 5 nitrogen and oxygen atoms in total. The number of rotatable bonds is 5. The third kappa shape index (κ3) is 3.29. The highest BCUT2D eigenvalue weighted by atomic mass is 19.1. The Kier molecular flexibility index (Phi) is 4.89. The first-order chi connectivity index (χ1) is 13.5. The minimum absolute atomic E-state index is 0.0191. The topological polar surface area (TPSA) is 45.1 Å². The van der Waals surface area contributed by atoms with Gasteiger partial charge in [0.05, 0.1) is 18.9 Å². The van der Waals surface area contributed by atoms with Gasteiger partial charge in [0, 0.05) is 24.4 Å². The average molecular weight is 381 g/mol. The van der Waals surface area contributed by atoms with Crippen LogP contribution in [0.1, 0.15) is 29.2 Å². The van der Waals surface area contributed by atoms with E-state index in [4.69, 9.17) is 9.84 Å². The van der Waals surface area contributed by atoms with Crippen LogP contribution in [0.15, 0.2) is 47.6 Å². The molecule has 1 aliphatic carbocycles. The smallest absolute Gasteiger partial charge is 0.244 e. The predicted molar refractivity (Wildman–Crippen MR) is 106 cm³/mol. The molecule has 0 bridgehead atoms. The largest absolute Gasteiger partial charge is 0.497 e. The van der Waals surface area contributed by atoms with Crippen molar-refractivity contribution in [1.29, 1.82) is 0 Å². The molecule has 0 spiro atoms. The maximum absolute atomic E-state index is 13.5. The van der Waals surface area contributed by atoms with Crippen molar-refractivity contribution >= 4 is 11.6 Å². The molecule has 2 aromatic rings. The van der Waals surface area contributed by atoms with Gasteiger partial charge in [-0.25, -0.2) is 9.40 Å². The second kappa shape index (κ2) is 7.36. The zero-order valence-corrected chi connectivity index (χ0v) is 16.4. The molecule has 0 fully saturated rings. The molecule has 1 amide bonds. The van der Waals surface area contributed by atoms with Gasteiger partial charge < -0.3 is 9.64 Å². The molecule has 1 aliphatic heterocycles. The van der Waals surface area contributed by atoms with Crippen molar-refractivity contribution < 1.29 is 13.9 Å². The molecule has 0 unspecified atom stereocenters. The Morgan fingerprint density at radius 3 is 2.68 bits per heavy atom. The Labute approximate surface area is 164 Å². The van der Waals surface area contributed by atoms with Crippen molar-refractivity contribution in [3.63, 3.8) is 0 Å². The van der Waals surface area contributed by atoms with Crippen molar-refractivity contribution in [3.05, 3.63) is 65.0 Å². The Balaban J connectivity index is 1.72. The van der Waals surface area contributed by atoms with E-state index < -0.39 is 0 Å². The Hall–Kier alpha value is -2.73. The summed E-state index contributed by atoms with van der Waals surface area (Å²) >= 11 is 0. The van der Waals surface area contributed by atoms with Gasteiger partial charge in [0.25, 0.3) is 0 Å². The molecule has 2 aliphatic rings. The van der Waals surface area contributed by atoms with Gasteiger partial charge in [0.1, 0.15) is 11.6 Å². The monoisotopic (exact) mass is 381 g/mol. The number of nitrogens with zero attached hydrogens (tertiary/aromatic N) is 3. The maximum Gasteiger partial charge on any atom is 0.244 e. The Morgan fingerprint density at radius 2 is 2.00 bits per heavy atom. The van der Waals surface area contributed by atoms with E-state index in [0.29, 0.717) is 13.0 Å². The number of methoxy groups -OCH3 is 1. The second-order valence-electron chi connectivity index (χ2n) is 7.61.